The molecular weight excluding hydrogens is 286 g/mol. The van der Waals surface area contributed by atoms with E-state index in [9.17, 15) is 13.6 Å². The van der Waals surface area contributed by atoms with Gasteiger partial charge in [0.25, 0.3) is 6.43 Å². The Labute approximate surface area is 97.7 Å². The molecule has 0 fully saturated rings. The van der Waals surface area contributed by atoms with Crippen molar-refractivity contribution in [3.63, 3.8) is 0 Å². The maximum absolute atomic E-state index is 12.5. The lowest BCUT2D eigenvalue weighted by molar-refractivity contribution is -0.136. The van der Waals surface area contributed by atoms with Crippen molar-refractivity contribution in [2.45, 2.75) is 12.8 Å². The standard InChI is InChI=1S/C9H5BrF2N2O2/c10-8-5(9(11)12)1-4(2-7(15)16)6(3-13)14-8/h1,9H,2H2,(H,15,16). The van der Waals surface area contributed by atoms with E-state index >= 15 is 0 Å². The van der Waals surface area contributed by atoms with Crippen LogP contribution in [0.3, 0.4) is 0 Å². The molecule has 0 saturated carbocycles. The average Bonchev–Trinajstić information content (AvgIpc) is 2.18. The summed E-state index contributed by atoms with van der Waals surface area (Å²) in [5.74, 6) is -1.21. The van der Waals surface area contributed by atoms with E-state index in [0.717, 1.165) is 6.07 Å². The first-order chi connectivity index (χ1) is 7.45. The van der Waals surface area contributed by atoms with E-state index in [1.807, 2.05) is 0 Å². The summed E-state index contributed by atoms with van der Waals surface area (Å²) in [4.78, 5) is 14.0. The molecular formula is C9H5BrF2N2O2. The van der Waals surface area contributed by atoms with Crippen molar-refractivity contribution >= 4 is 21.9 Å². The van der Waals surface area contributed by atoms with Gasteiger partial charge in [0.1, 0.15) is 16.4 Å². The number of nitriles is 1. The normalized spacial score (nSPS) is 10.2. The fraction of sp³-hybridized carbons (Fsp3) is 0.222. The van der Waals surface area contributed by atoms with Crippen LogP contribution in [0.2, 0.25) is 0 Å². The highest BCUT2D eigenvalue weighted by Crippen LogP contribution is 2.27. The van der Waals surface area contributed by atoms with Crippen LogP contribution < -0.4 is 0 Å². The summed E-state index contributed by atoms with van der Waals surface area (Å²) >= 11 is 2.80. The van der Waals surface area contributed by atoms with Gasteiger partial charge in [0.2, 0.25) is 0 Å². The molecule has 0 amide bonds. The van der Waals surface area contributed by atoms with Crippen LogP contribution in [0.1, 0.15) is 23.2 Å². The number of carboxylic acid groups (broad SMARTS) is 1. The van der Waals surface area contributed by atoms with Crippen molar-refractivity contribution in [3.8, 4) is 6.07 Å². The molecule has 1 heterocycles. The van der Waals surface area contributed by atoms with E-state index in [2.05, 4.69) is 20.9 Å². The number of nitrogens with zero attached hydrogens (tertiary/aromatic N) is 2. The molecule has 1 N–H and O–H groups in total. The van der Waals surface area contributed by atoms with Gasteiger partial charge in [-0.05, 0) is 22.0 Å². The molecule has 0 radical (unpaired) electrons. The Morgan fingerprint density at radius 1 is 1.69 bits per heavy atom. The maximum atomic E-state index is 12.5. The number of alkyl halides is 2. The molecule has 0 atom stereocenters. The van der Waals surface area contributed by atoms with Crippen LogP contribution >= 0.6 is 15.9 Å². The number of aromatic nitrogens is 1. The molecule has 0 bridgehead atoms. The zero-order valence-corrected chi connectivity index (χ0v) is 9.33. The van der Waals surface area contributed by atoms with Gasteiger partial charge in [0.15, 0.2) is 0 Å². The second kappa shape index (κ2) is 4.99. The number of carbonyl (C=O) groups is 1. The Hall–Kier alpha value is -1.55. The van der Waals surface area contributed by atoms with Gasteiger partial charge in [-0.2, -0.15) is 5.26 Å². The smallest absolute Gasteiger partial charge is 0.307 e. The number of carboxylic acids is 1. The van der Waals surface area contributed by atoms with E-state index < -0.39 is 24.4 Å². The molecule has 0 spiro atoms. The lowest BCUT2D eigenvalue weighted by Crippen LogP contribution is -2.06. The minimum Gasteiger partial charge on any atom is -0.481 e. The van der Waals surface area contributed by atoms with E-state index in [0.29, 0.717) is 0 Å². The van der Waals surface area contributed by atoms with Crippen molar-refractivity contribution in [1.29, 1.82) is 5.26 Å². The molecule has 0 aliphatic rings. The molecule has 0 aliphatic carbocycles. The summed E-state index contributed by atoms with van der Waals surface area (Å²) < 4.78 is 24.8. The number of hydrogen-bond acceptors (Lipinski definition) is 3. The molecule has 0 aromatic carbocycles. The SMILES string of the molecule is N#Cc1nc(Br)c(C(F)F)cc1CC(=O)O. The quantitative estimate of drug-likeness (QED) is 0.867. The second-order valence-corrected chi connectivity index (χ2v) is 3.61. The highest BCUT2D eigenvalue weighted by molar-refractivity contribution is 9.10. The first-order valence-electron chi connectivity index (χ1n) is 4.05. The van der Waals surface area contributed by atoms with Crippen LogP contribution in [0.5, 0.6) is 0 Å². The predicted octanol–water partition coefficient (Wildman–Crippen LogP) is 2.28. The molecule has 7 heteroatoms. The number of halogens is 3. The summed E-state index contributed by atoms with van der Waals surface area (Å²) in [5.41, 5.74) is -0.609. The molecule has 0 aliphatic heterocycles. The van der Waals surface area contributed by atoms with Crippen LogP contribution in [0.15, 0.2) is 10.7 Å². The molecule has 4 nitrogen and oxygen atoms in total. The summed E-state index contributed by atoms with van der Waals surface area (Å²) in [6.07, 6.45) is -3.29. The van der Waals surface area contributed by atoms with Crippen molar-refractivity contribution in [2.24, 2.45) is 0 Å². The van der Waals surface area contributed by atoms with Crippen LogP contribution in [0, 0.1) is 11.3 Å². The molecule has 0 unspecified atom stereocenters. The third kappa shape index (κ3) is 2.73. The Morgan fingerprint density at radius 3 is 2.75 bits per heavy atom. The Balaban J connectivity index is 3.30. The van der Waals surface area contributed by atoms with E-state index in [1.54, 1.807) is 6.07 Å². The van der Waals surface area contributed by atoms with E-state index in [-0.39, 0.29) is 15.9 Å². The molecule has 1 aromatic heterocycles. The number of hydrogen-bond donors (Lipinski definition) is 1. The molecule has 84 valence electrons. The second-order valence-electron chi connectivity index (χ2n) is 2.86. The summed E-state index contributed by atoms with van der Waals surface area (Å²) in [6, 6.07) is 2.64. The fourth-order valence-corrected chi connectivity index (χ4v) is 1.56. The maximum Gasteiger partial charge on any atom is 0.307 e. The van der Waals surface area contributed by atoms with Crippen LogP contribution in [0.4, 0.5) is 8.78 Å². The zero-order valence-electron chi connectivity index (χ0n) is 7.75. The largest absolute Gasteiger partial charge is 0.481 e. The van der Waals surface area contributed by atoms with E-state index in [4.69, 9.17) is 10.4 Å². The van der Waals surface area contributed by atoms with Gasteiger partial charge in [-0.3, -0.25) is 4.79 Å². The molecule has 1 rings (SSSR count). The number of rotatable bonds is 3. The topological polar surface area (TPSA) is 74.0 Å². The minimum atomic E-state index is -2.78. The van der Waals surface area contributed by atoms with Crippen molar-refractivity contribution in [3.05, 3.63) is 27.5 Å². The first kappa shape index (κ1) is 12.5. The van der Waals surface area contributed by atoms with Crippen LogP contribution in [-0.2, 0) is 11.2 Å². The third-order valence-electron chi connectivity index (χ3n) is 1.76. The fourth-order valence-electron chi connectivity index (χ4n) is 1.10. The summed E-state index contributed by atoms with van der Waals surface area (Å²) in [6.45, 7) is 0. The lowest BCUT2D eigenvalue weighted by atomic mass is 10.1. The molecule has 1 aromatic rings. The predicted molar refractivity (Wildman–Crippen MR) is 52.9 cm³/mol. The van der Waals surface area contributed by atoms with Gasteiger partial charge < -0.3 is 5.11 Å². The van der Waals surface area contributed by atoms with Crippen LogP contribution in [0.25, 0.3) is 0 Å². The lowest BCUT2D eigenvalue weighted by Gasteiger charge is -2.06. The monoisotopic (exact) mass is 290 g/mol. The van der Waals surface area contributed by atoms with Gasteiger partial charge >= 0.3 is 5.97 Å². The van der Waals surface area contributed by atoms with Gasteiger partial charge in [0, 0.05) is 5.56 Å². The first-order valence-corrected chi connectivity index (χ1v) is 4.84. The zero-order chi connectivity index (χ0) is 12.3. The summed E-state index contributed by atoms with van der Waals surface area (Å²) in [7, 11) is 0. The summed E-state index contributed by atoms with van der Waals surface area (Å²) in [5, 5.41) is 17.2. The Bertz CT molecular complexity index is 471. The molecule has 16 heavy (non-hydrogen) atoms. The molecule has 0 saturated heterocycles. The van der Waals surface area contributed by atoms with E-state index in [1.165, 1.54) is 0 Å². The van der Waals surface area contributed by atoms with Gasteiger partial charge in [-0.1, -0.05) is 0 Å². The highest BCUT2D eigenvalue weighted by atomic mass is 79.9. The Morgan fingerprint density at radius 2 is 2.31 bits per heavy atom. The van der Waals surface area contributed by atoms with Crippen LogP contribution in [-0.4, -0.2) is 16.1 Å². The number of aliphatic carboxylic acids is 1. The van der Waals surface area contributed by atoms with Gasteiger partial charge in [-0.25, -0.2) is 13.8 Å². The van der Waals surface area contributed by atoms with Gasteiger partial charge in [-0.15, -0.1) is 0 Å². The minimum absolute atomic E-state index is 0.0199. The van der Waals surface area contributed by atoms with Crippen molar-refractivity contribution in [2.75, 3.05) is 0 Å². The third-order valence-corrected chi connectivity index (χ3v) is 2.40. The Kier molecular flexibility index (Phi) is 3.90. The van der Waals surface area contributed by atoms with Crippen molar-refractivity contribution in [1.82, 2.24) is 4.98 Å². The highest BCUT2D eigenvalue weighted by Gasteiger charge is 2.18. The number of pyridine rings is 1. The average molecular weight is 291 g/mol. The van der Waals surface area contributed by atoms with Crippen molar-refractivity contribution < 1.29 is 18.7 Å². The van der Waals surface area contributed by atoms with Gasteiger partial charge in [0.05, 0.1) is 12.0 Å².